The van der Waals surface area contributed by atoms with Crippen LogP contribution >= 0.6 is 11.6 Å². The lowest BCUT2D eigenvalue weighted by molar-refractivity contribution is 0.0931. The summed E-state index contributed by atoms with van der Waals surface area (Å²) >= 11 is 6.30. The molecule has 1 aliphatic rings. The van der Waals surface area contributed by atoms with E-state index in [2.05, 4.69) is 19.2 Å². The number of hydrogen-bond donors (Lipinski definition) is 1. The van der Waals surface area contributed by atoms with Gasteiger partial charge in [-0.15, -0.1) is 0 Å². The fourth-order valence-corrected chi connectivity index (χ4v) is 6.11. The summed E-state index contributed by atoms with van der Waals surface area (Å²) in [6.07, 6.45) is 4.44. The minimum Gasteiger partial charge on any atom is -0.497 e. The number of nitrogens with zero attached hydrogens (tertiary/aromatic N) is 1. The van der Waals surface area contributed by atoms with E-state index in [4.69, 9.17) is 16.3 Å². The monoisotopic (exact) mass is 492 g/mol. The van der Waals surface area contributed by atoms with Gasteiger partial charge in [0.1, 0.15) is 10.6 Å². The lowest BCUT2D eigenvalue weighted by Gasteiger charge is -2.23. The molecule has 0 bridgehead atoms. The SMILES string of the molecule is COc1ccc([C@H](CC(C)C)NC(=O)c2ccc(Cl)c(S(=O)(=O)N3CCCCCC3)c2)cc1. The molecule has 33 heavy (non-hydrogen) atoms. The minimum absolute atomic E-state index is 0.0106. The Labute approximate surface area is 202 Å². The second-order valence-corrected chi connectivity index (χ2v) is 11.2. The number of carbonyl (C=O) groups is 1. The zero-order valence-corrected chi connectivity index (χ0v) is 21.1. The molecule has 180 valence electrons. The van der Waals surface area contributed by atoms with Crippen molar-refractivity contribution in [3.63, 3.8) is 0 Å². The van der Waals surface area contributed by atoms with Crippen LogP contribution in [-0.2, 0) is 10.0 Å². The average molecular weight is 493 g/mol. The second-order valence-electron chi connectivity index (χ2n) is 8.89. The summed E-state index contributed by atoms with van der Waals surface area (Å²) in [6, 6.07) is 11.8. The molecule has 2 aromatic carbocycles. The summed E-state index contributed by atoms with van der Waals surface area (Å²) in [5, 5.41) is 3.20. The summed E-state index contributed by atoms with van der Waals surface area (Å²) in [6.45, 7) is 5.14. The zero-order chi connectivity index (χ0) is 24.0. The third-order valence-electron chi connectivity index (χ3n) is 5.91. The van der Waals surface area contributed by atoms with E-state index < -0.39 is 10.0 Å². The van der Waals surface area contributed by atoms with Gasteiger partial charge in [0.2, 0.25) is 10.0 Å². The highest BCUT2D eigenvalue weighted by Gasteiger charge is 2.28. The molecule has 0 aliphatic carbocycles. The third kappa shape index (κ3) is 6.49. The van der Waals surface area contributed by atoms with E-state index >= 15 is 0 Å². The normalized spacial score (nSPS) is 16.3. The van der Waals surface area contributed by atoms with Crippen molar-refractivity contribution >= 4 is 27.5 Å². The minimum atomic E-state index is -3.77. The van der Waals surface area contributed by atoms with Crippen LogP contribution in [0.4, 0.5) is 0 Å². The van der Waals surface area contributed by atoms with Gasteiger partial charge in [-0.1, -0.05) is 50.4 Å². The molecule has 1 atom stereocenters. The standard InChI is InChI=1S/C25H33ClN2O4S/c1-18(2)16-23(19-8-11-21(32-3)12-9-19)27-25(29)20-10-13-22(26)24(17-20)33(30,31)28-14-6-4-5-7-15-28/h8-13,17-18,23H,4-7,14-16H2,1-3H3,(H,27,29)/t23-/m0/s1. The number of sulfonamides is 1. The molecule has 1 fully saturated rings. The third-order valence-corrected chi connectivity index (χ3v) is 8.29. The van der Waals surface area contributed by atoms with Crippen molar-refractivity contribution in [1.82, 2.24) is 9.62 Å². The van der Waals surface area contributed by atoms with Gasteiger partial charge >= 0.3 is 0 Å². The molecule has 2 aromatic rings. The molecule has 1 heterocycles. The van der Waals surface area contributed by atoms with Gasteiger partial charge in [0.15, 0.2) is 0 Å². The van der Waals surface area contributed by atoms with Crippen molar-refractivity contribution in [2.45, 2.75) is 56.9 Å². The molecule has 0 radical (unpaired) electrons. The number of carbonyl (C=O) groups excluding carboxylic acids is 1. The number of halogens is 1. The van der Waals surface area contributed by atoms with E-state index in [1.54, 1.807) is 13.2 Å². The first kappa shape index (κ1) is 25.5. The summed E-state index contributed by atoms with van der Waals surface area (Å²) in [7, 11) is -2.16. The van der Waals surface area contributed by atoms with Crippen LogP contribution in [0.1, 0.15) is 67.9 Å². The Kier molecular flexibility index (Phi) is 8.79. The van der Waals surface area contributed by atoms with E-state index in [1.165, 1.54) is 16.4 Å². The van der Waals surface area contributed by atoms with Crippen molar-refractivity contribution < 1.29 is 17.9 Å². The quantitative estimate of drug-likeness (QED) is 0.533. The van der Waals surface area contributed by atoms with E-state index in [-0.39, 0.29) is 27.4 Å². The van der Waals surface area contributed by atoms with Crippen molar-refractivity contribution in [2.24, 2.45) is 5.92 Å². The Morgan fingerprint density at radius 3 is 2.27 bits per heavy atom. The van der Waals surface area contributed by atoms with Crippen LogP contribution in [0.5, 0.6) is 5.75 Å². The van der Waals surface area contributed by atoms with Crippen LogP contribution in [0.15, 0.2) is 47.4 Å². The average Bonchev–Trinajstić information content (AvgIpc) is 3.09. The van der Waals surface area contributed by atoms with Crippen LogP contribution < -0.4 is 10.1 Å². The molecule has 1 amide bonds. The highest BCUT2D eigenvalue weighted by atomic mass is 35.5. The molecule has 0 aromatic heterocycles. The Bertz CT molecular complexity index is 1050. The number of methoxy groups -OCH3 is 1. The van der Waals surface area contributed by atoms with Gasteiger partial charge in [-0.25, -0.2) is 8.42 Å². The highest BCUT2D eigenvalue weighted by Crippen LogP contribution is 2.29. The summed E-state index contributed by atoms with van der Waals surface area (Å²) in [5.74, 6) is 0.761. The topological polar surface area (TPSA) is 75.7 Å². The molecule has 1 aliphatic heterocycles. The number of hydrogen-bond acceptors (Lipinski definition) is 4. The lowest BCUT2D eigenvalue weighted by Crippen LogP contribution is -2.33. The van der Waals surface area contributed by atoms with Crippen LogP contribution in [-0.4, -0.2) is 38.8 Å². The predicted molar refractivity (Wildman–Crippen MR) is 131 cm³/mol. The van der Waals surface area contributed by atoms with Crippen LogP contribution in [0.2, 0.25) is 5.02 Å². The van der Waals surface area contributed by atoms with Crippen LogP contribution in [0.25, 0.3) is 0 Å². The van der Waals surface area contributed by atoms with Gasteiger partial charge in [0.05, 0.1) is 18.2 Å². The molecule has 3 rings (SSSR count). The fraction of sp³-hybridized carbons (Fsp3) is 0.480. The van der Waals surface area contributed by atoms with Gasteiger partial charge in [-0.05, 0) is 61.1 Å². The maximum absolute atomic E-state index is 13.3. The molecule has 0 spiro atoms. The van der Waals surface area contributed by atoms with Gasteiger partial charge < -0.3 is 10.1 Å². The first-order valence-corrected chi connectivity index (χ1v) is 13.3. The van der Waals surface area contributed by atoms with E-state index in [0.717, 1.165) is 43.4 Å². The number of nitrogens with one attached hydrogen (secondary N) is 1. The Morgan fingerprint density at radius 1 is 1.06 bits per heavy atom. The van der Waals surface area contributed by atoms with E-state index in [0.29, 0.717) is 19.0 Å². The van der Waals surface area contributed by atoms with Crippen molar-refractivity contribution in [2.75, 3.05) is 20.2 Å². The maximum Gasteiger partial charge on any atom is 0.251 e. The maximum atomic E-state index is 13.3. The van der Waals surface area contributed by atoms with Crippen molar-refractivity contribution in [3.8, 4) is 5.75 Å². The lowest BCUT2D eigenvalue weighted by atomic mass is 9.96. The molecule has 8 heteroatoms. The van der Waals surface area contributed by atoms with Gasteiger partial charge in [-0.2, -0.15) is 4.31 Å². The number of ether oxygens (including phenoxy) is 1. The number of amides is 1. The van der Waals surface area contributed by atoms with E-state index in [1.807, 2.05) is 24.3 Å². The number of benzene rings is 2. The molecule has 1 saturated heterocycles. The second kappa shape index (κ2) is 11.4. The van der Waals surface area contributed by atoms with Crippen LogP contribution in [0, 0.1) is 5.92 Å². The fourth-order valence-electron chi connectivity index (χ4n) is 4.09. The first-order chi connectivity index (χ1) is 15.7. The smallest absolute Gasteiger partial charge is 0.251 e. The van der Waals surface area contributed by atoms with Gasteiger partial charge in [0, 0.05) is 18.7 Å². The first-order valence-electron chi connectivity index (χ1n) is 11.5. The summed E-state index contributed by atoms with van der Waals surface area (Å²) < 4.78 is 33.3. The zero-order valence-electron chi connectivity index (χ0n) is 19.5. The summed E-state index contributed by atoms with van der Waals surface area (Å²) in [5.41, 5.74) is 1.24. The molecule has 0 saturated carbocycles. The Morgan fingerprint density at radius 2 is 1.70 bits per heavy atom. The van der Waals surface area contributed by atoms with Gasteiger partial charge in [-0.3, -0.25) is 4.79 Å². The van der Waals surface area contributed by atoms with Crippen molar-refractivity contribution in [1.29, 1.82) is 0 Å². The Hall–Kier alpha value is -2.09. The van der Waals surface area contributed by atoms with E-state index in [9.17, 15) is 13.2 Å². The van der Waals surface area contributed by atoms with Gasteiger partial charge in [0.25, 0.3) is 5.91 Å². The summed E-state index contributed by atoms with van der Waals surface area (Å²) in [4.78, 5) is 13.2. The Balaban J connectivity index is 1.86. The highest BCUT2D eigenvalue weighted by molar-refractivity contribution is 7.89. The van der Waals surface area contributed by atoms with Crippen molar-refractivity contribution in [3.05, 3.63) is 58.6 Å². The molecule has 6 nitrogen and oxygen atoms in total. The largest absolute Gasteiger partial charge is 0.497 e. The molecular formula is C25H33ClN2O4S. The van der Waals surface area contributed by atoms with Crippen LogP contribution in [0.3, 0.4) is 0 Å². The molecule has 0 unspecified atom stereocenters. The molecule has 1 N–H and O–H groups in total. The predicted octanol–water partition coefficient (Wildman–Crippen LogP) is 5.43. The number of rotatable bonds is 8. The molecular weight excluding hydrogens is 460 g/mol.